The molecule has 0 spiro atoms. The van der Waals surface area contributed by atoms with Crippen molar-refractivity contribution in [2.45, 2.75) is 32.7 Å². The fraction of sp³-hybridized carbons (Fsp3) is 0.818. The zero-order valence-corrected chi connectivity index (χ0v) is 10.0. The van der Waals surface area contributed by atoms with Gasteiger partial charge in [0.1, 0.15) is 0 Å². The Morgan fingerprint density at radius 3 is 2.31 bits per heavy atom. The lowest BCUT2D eigenvalue weighted by atomic mass is 10.2. The highest BCUT2D eigenvalue weighted by Gasteiger charge is 2.21. The molecular formula is C11H21N3O2. The second kappa shape index (κ2) is 6.48. The van der Waals surface area contributed by atoms with Crippen molar-refractivity contribution in [2.75, 3.05) is 19.6 Å². The van der Waals surface area contributed by atoms with Gasteiger partial charge in [-0.1, -0.05) is 13.8 Å². The fourth-order valence-corrected chi connectivity index (χ4v) is 1.15. The highest BCUT2D eigenvalue weighted by Crippen LogP contribution is 2.17. The Morgan fingerprint density at radius 1 is 1.12 bits per heavy atom. The summed E-state index contributed by atoms with van der Waals surface area (Å²) in [6.45, 7) is 5.08. The van der Waals surface area contributed by atoms with E-state index >= 15 is 0 Å². The van der Waals surface area contributed by atoms with Gasteiger partial charge in [0.15, 0.2) is 0 Å². The standard InChI is InChI=1S/C11H21N3O2/c1-8(2)5-13-11(16)7-14-10(15)6-12-9-3-4-9/h8-9,12H,3-7H2,1-2H3,(H,13,16)(H,14,15). The molecule has 1 saturated carbocycles. The second-order valence-electron chi connectivity index (χ2n) is 4.63. The number of carbonyl (C=O) groups excluding carboxylic acids is 2. The second-order valence-corrected chi connectivity index (χ2v) is 4.63. The Labute approximate surface area is 96.4 Å². The van der Waals surface area contributed by atoms with E-state index in [2.05, 4.69) is 16.0 Å². The van der Waals surface area contributed by atoms with Gasteiger partial charge in [0, 0.05) is 12.6 Å². The Balaban J connectivity index is 1.98. The molecule has 1 fully saturated rings. The van der Waals surface area contributed by atoms with Gasteiger partial charge >= 0.3 is 0 Å². The molecule has 3 N–H and O–H groups in total. The Bertz CT molecular complexity index is 232. The van der Waals surface area contributed by atoms with Crippen LogP contribution in [0, 0.1) is 5.92 Å². The Kier molecular flexibility index (Phi) is 5.25. The molecule has 0 aromatic carbocycles. The normalized spacial score (nSPS) is 14.9. The van der Waals surface area contributed by atoms with E-state index in [0.29, 0.717) is 25.0 Å². The van der Waals surface area contributed by atoms with Gasteiger partial charge in [0.2, 0.25) is 11.8 Å². The van der Waals surface area contributed by atoms with Gasteiger partial charge in [0.25, 0.3) is 0 Å². The molecular weight excluding hydrogens is 206 g/mol. The van der Waals surface area contributed by atoms with Crippen LogP contribution in [0.5, 0.6) is 0 Å². The van der Waals surface area contributed by atoms with Crippen LogP contribution in [-0.4, -0.2) is 37.5 Å². The van der Waals surface area contributed by atoms with Crippen LogP contribution in [0.2, 0.25) is 0 Å². The molecule has 0 bridgehead atoms. The van der Waals surface area contributed by atoms with Crippen molar-refractivity contribution in [2.24, 2.45) is 5.92 Å². The van der Waals surface area contributed by atoms with E-state index in [9.17, 15) is 9.59 Å². The summed E-state index contributed by atoms with van der Waals surface area (Å²) in [5.74, 6) is 0.177. The molecule has 0 aromatic heterocycles. The molecule has 0 heterocycles. The van der Waals surface area contributed by atoms with Gasteiger partial charge in [0.05, 0.1) is 13.1 Å². The minimum Gasteiger partial charge on any atom is -0.354 e. The summed E-state index contributed by atoms with van der Waals surface area (Å²) in [7, 11) is 0. The van der Waals surface area contributed by atoms with E-state index < -0.39 is 0 Å². The van der Waals surface area contributed by atoms with E-state index in [4.69, 9.17) is 0 Å². The third-order valence-electron chi connectivity index (χ3n) is 2.28. The van der Waals surface area contributed by atoms with Gasteiger partial charge in [-0.2, -0.15) is 0 Å². The molecule has 16 heavy (non-hydrogen) atoms. The van der Waals surface area contributed by atoms with Crippen molar-refractivity contribution in [1.82, 2.24) is 16.0 Å². The van der Waals surface area contributed by atoms with E-state index in [1.54, 1.807) is 0 Å². The summed E-state index contributed by atoms with van der Waals surface area (Å²) in [6.07, 6.45) is 2.31. The van der Waals surface area contributed by atoms with Crippen LogP contribution in [0.1, 0.15) is 26.7 Å². The van der Waals surface area contributed by atoms with Crippen LogP contribution in [0.3, 0.4) is 0 Å². The molecule has 0 unspecified atom stereocenters. The molecule has 0 atom stereocenters. The molecule has 2 amide bonds. The first-order valence-electron chi connectivity index (χ1n) is 5.84. The molecule has 0 saturated heterocycles. The van der Waals surface area contributed by atoms with Crippen LogP contribution in [0.4, 0.5) is 0 Å². The van der Waals surface area contributed by atoms with E-state index in [0.717, 1.165) is 12.8 Å². The van der Waals surface area contributed by atoms with Crippen LogP contribution in [-0.2, 0) is 9.59 Å². The molecule has 0 aliphatic heterocycles. The predicted octanol–water partition coefficient (Wildman–Crippen LogP) is -0.373. The number of nitrogens with one attached hydrogen (secondary N) is 3. The third kappa shape index (κ3) is 6.40. The van der Waals surface area contributed by atoms with Gasteiger partial charge < -0.3 is 16.0 Å². The molecule has 5 nitrogen and oxygen atoms in total. The highest BCUT2D eigenvalue weighted by atomic mass is 16.2. The zero-order chi connectivity index (χ0) is 12.0. The highest BCUT2D eigenvalue weighted by molar-refractivity contribution is 5.85. The summed E-state index contributed by atoms with van der Waals surface area (Å²) in [6, 6.07) is 0.514. The SMILES string of the molecule is CC(C)CNC(=O)CNC(=O)CNC1CC1. The maximum absolute atomic E-state index is 11.3. The van der Waals surface area contributed by atoms with Gasteiger partial charge in [-0.25, -0.2) is 0 Å². The maximum Gasteiger partial charge on any atom is 0.239 e. The van der Waals surface area contributed by atoms with Crippen LogP contribution in [0.15, 0.2) is 0 Å². The van der Waals surface area contributed by atoms with E-state index in [1.807, 2.05) is 13.8 Å². The van der Waals surface area contributed by atoms with Crippen molar-refractivity contribution in [1.29, 1.82) is 0 Å². The van der Waals surface area contributed by atoms with E-state index in [-0.39, 0.29) is 18.4 Å². The lowest BCUT2D eigenvalue weighted by Gasteiger charge is -2.08. The third-order valence-corrected chi connectivity index (χ3v) is 2.28. The largest absolute Gasteiger partial charge is 0.354 e. The average molecular weight is 227 g/mol. The monoisotopic (exact) mass is 227 g/mol. The number of rotatable bonds is 7. The lowest BCUT2D eigenvalue weighted by Crippen LogP contribution is -2.41. The van der Waals surface area contributed by atoms with Gasteiger partial charge in [-0.05, 0) is 18.8 Å². The van der Waals surface area contributed by atoms with Gasteiger partial charge in [-0.15, -0.1) is 0 Å². The van der Waals surface area contributed by atoms with Crippen molar-refractivity contribution >= 4 is 11.8 Å². The van der Waals surface area contributed by atoms with E-state index in [1.165, 1.54) is 0 Å². The lowest BCUT2D eigenvalue weighted by molar-refractivity contribution is -0.125. The van der Waals surface area contributed by atoms with Gasteiger partial charge in [-0.3, -0.25) is 9.59 Å². The molecule has 1 aliphatic carbocycles. The Hall–Kier alpha value is -1.10. The summed E-state index contributed by atoms with van der Waals surface area (Å²) in [4.78, 5) is 22.5. The molecule has 92 valence electrons. The van der Waals surface area contributed by atoms with Crippen LogP contribution in [0.25, 0.3) is 0 Å². The Morgan fingerprint density at radius 2 is 1.75 bits per heavy atom. The number of amides is 2. The predicted molar refractivity (Wildman–Crippen MR) is 61.9 cm³/mol. The number of hydrogen-bond donors (Lipinski definition) is 3. The first kappa shape index (κ1) is 13.0. The zero-order valence-electron chi connectivity index (χ0n) is 10.0. The minimum absolute atomic E-state index is 0.0674. The summed E-state index contributed by atoms with van der Waals surface area (Å²) in [5, 5.41) is 8.40. The molecule has 0 radical (unpaired) electrons. The minimum atomic E-state index is -0.131. The van der Waals surface area contributed by atoms with Crippen LogP contribution >= 0.6 is 0 Å². The first-order valence-corrected chi connectivity index (χ1v) is 5.84. The average Bonchev–Trinajstić information content (AvgIpc) is 3.04. The topological polar surface area (TPSA) is 70.2 Å². The van der Waals surface area contributed by atoms with Crippen molar-refractivity contribution < 1.29 is 9.59 Å². The van der Waals surface area contributed by atoms with Crippen molar-refractivity contribution in [3.05, 3.63) is 0 Å². The molecule has 1 aliphatic rings. The summed E-state index contributed by atoms with van der Waals surface area (Å²) >= 11 is 0. The first-order chi connectivity index (χ1) is 7.58. The smallest absolute Gasteiger partial charge is 0.239 e. The maximum atomic E-state index is 11.3. The fourth-order valence-electron chi connectivity index (χ4n) is 1.15. The number of hydrogen-bond acceptors (Lipinski definition) is 3. The molecule has 1 rings (SSSR count). The molecule has 0 aromatic rings. The summed E-state index contributed by atoms with van der Waals surface area (Å²) in [5.41, 5.74) is 0. The summed E-state index contributed by atoms with van der Waals surface area (Å²) < 4.78 is 0. The number of carbonyl (C=O) groups is 2. The quantitative estimate of drug-likeness (QED) is 0.555. The molecule has 5 heteroatoms. The van der Waals surface area contributed by atoms with Crippen molar-refractivity contribution in [3.63, 3.8) is 0 Å². The van der Waals surface area contributed by atoms with Crippen molar-refractivity contribution in [3.8, 4) is 0 Å². The van der Waals surface area contributed by atoms with Crippen LogP contribution < -0.4 is 16.0 Å².